The van der Waals surface area contributed by atoms with E-state index in [0.717, 1.165) is 28.0 Å². The van der Waals surface area contributed by atoms with E-state index in [4.69, 9.17) is 4.74 Å². The van der Waals surface area contributed by atoms with Crippen LogP contribution in [0.1, 0.15) is 5.56 Å². The maximum Gasteiger partial charge on any atom is 0.324 e. The van der Waals surface area contributed by atoms with Gasteiger partial charge in [-0.15, -0.1) is 0 Å². The number of hydrogen-bond donors (Lipinski definition) is 0. The lowest BCUT2D eigenvalue weighted by Crippen LogP contribution is -2.31. The largest absolute Gasteiger partial charge is 0.497 e. The minimum atomic E-state index is 0.0464. The Bertz CT molecular complexity index is 673. The quantitative estimate of drug-likeness (QED) is 0.828. The minimum Gasteiger partial charge on any atom is -0.497 e. The fraction of sp³-hybridized carbons (Fsp3) is 0.235. The Kier molecular flexibility index (Phi) is 4.34. The number of anilines is 1. The molecule has 22 heavy (non-hydrogen) atoms. The molecule has 0 N–H and O–H groups in total. The fourth-order valence-corrected chi connectivity index (χ4v) is 2.85. The molecule has 2 amide bonds. The Morgan fingerprint density at radius 1 is 1.14 bits per heavy atom. The van der Waals surface area contributed by atoms with Crippen LogP contribution < -0.4 is 9.64 Å². The summed E-state index contributed by atoms with van der Waals surface area (Å²) in [7, 11) is 1.65. The van der Waals surface area contributed by atoms with Gasteiger partial charge in [0, 0.05) is 29.8 Å². The average Bonchev–Trinajstić information content (AvgIpc) is 2.89. The summed E-state index contributed by atoms with van der Waals surface area (Å²) in [6, 6.07) is 15.7. The summed E-state index contributed by atoms with van der Waals surface area (Å²) in [6.45, 7) is 2.04. The van der Waals surface area contributed by atoms with Crippen molar-refractivity contribution in [1.29, 1.82) is 0 Å². The lowest BCUT2D eigenvalue weighted by atomic mass is 10.2. The van der Waals surface area contributed by atoms with Crippen LogP contribution in [0.25, 0.3) is 0 Å². The number of ether oxygens (including phenoxy) is 1. The second kappa shape index (κ2) is 6.40. The highest BCUT2D eigenvalue weighted by atomic mass is 79.9. The molecular weight excluding hydrogens is 344 g/mol. The van der Waals surface area contributed by atoms with Crippen LogP contribution in [0.4, 0.5) is 10.5 Å². The molecule has 1 heterocycles. The van der Waals surface area contributed by atoms with Crippen molar-refractivity contribution in [3.8, 4) is 5.75 Å². The van der Waals surface area contributed by atoms with Crippen LogP contribution in [0.5, 0.6) is 5.75 Å². The molecule has 0 radical (unpaired) electrons. The van der Waals surface area contributed by atoms with E-state index in [1.54, 1.807) is 7.11 Å². The number of rotatable bonds is 4. The van der Waals surface area contributed by atoms with Gasteiger partial charge in [0.25, 0.3) is 0 Å². The van der Waals surface area contributed by atoms with E-state index in [-0.39, 0.29) is 6.03 Å². The Labute approximate surface area is 138 Å². The standard InChI is InChI=1S/C17H17BrN2O2/c1-22-16-4-2-3-13(11-16)12-19-9-10-20(17(19)21)15-7-5-14(18)6-8-15/h2-8,11H,9-10,12H2,1H3. The molecule has 0 aromatic heterocycles. The van der Waals surface area contributed by atoms with Crippen molar-refractivity contribution in [3.05, 3.63) is 58.6 Å². The predicted molar refractivity (Wildman–Crippen MR) is 90.3 cm³/mol. The van der Waals surface area contributed by atoms with Crippen molar-refractivity contribution in [3.63, 3.8) is 0 Å². The topological polar surface area (TPSA) is 32.8 Å². The first-order valence-electron chi connectivity index (χ1n) is 7.12. The molecule has 2 aromatic rings. The van der Waals surface area contributed by atoms with Crippen LogP contribution in [0, 0.1) is 0 Å². The van der Waals surface area contributed by atoms with Crippen LogP contribution in [-0.2, 0) is 6.54 Å². The molecule has 0 unspecified atom stereocenters. The van der Waals surface area contributed by atoms with Gasteiger partial charge >= 0.3 is 6.03 Å². The van der Waals surface area contributed by atoms with Crippen molar-refractivity contribution in [2.24, 2.45) is 0 Å². The van der Waals surface area contributed by atoms with Crippen molar-refractivity contribution >= 4 is 27.6 Å². The highest BCUT2D eigenvalue weighted by molar-refractivity contribution is 9.10. The lowest BCUT2D eigenvalue weighted by molar-refractivity contribution is 0.218. The molecule has 3 rings (SSSR count). The van der Waals surface area contributed by atoms with E-state index in [1.165, 1.54) is 0 Å². The van der Waals surface area contributed by atoms with Gasteiger partial charge in [0.05, 0.1) is 7.11 Å². The summed E-state index contributed by atoms with van der Waals surface area (Å²) in [5, 5.41) is 0. The number of methoxy groups -OCH3 is 1. The zero-order valence-corrected chi connectivity index (χ0v) is 13.9. The van der Waals surface area contributed by atoms with Gasteiger partial charge in [-0.25, -0.2) is 4.79 Å². The molecule has 1 aliphatic rings. The van der Waals surface area contributed by atoms with Crippen molar-refractivity contribution < 1.29 is 9.53 Å². The Balaban J connectivity index is 1.72. The summed E-state index contributed by atoms with van der Waals surface area (Å²) in [6.07, 6.45) is 0. The number of urea groups is 1. The second-order valence-electron chi connectivity index (χ2n) is 5.18. The van der Waals surface area contributed by atoms with Gasteiger partial charge in [0.1, 0.15) is 5.75 Å². The van der Waals surface area contributed by atoms with Crippen molar-refractivity contribution in [2.45, 2.75) is 6.54 Å². The number of benzene rings is 2. The summed E-state index contributed by atoms with van der Waals surface area (Å²) >= 11 is 3.41. The van der Waals surface area contributed by atoms with Crippen LogP contribution in [0.3, 0.4) is 0 Å². The van der Waals surface area contributed by atoms with Gasteiger partial charge in [-0.1, -0.05) is 28.1 Å². The molecular formula is C17H17BrN2O2. The number of carbonyl (C=O) groups excluding carboxylic acids is 1. The Morgan fingerprint density at radius 3 is 2.64 bits per heavy atom. The summed E-state index contributed by atoms with van der Waals surface area (Å²) in [5.41, 5.74) is 2.01. The van der Waals surface area contributed by atoms with E-state index in [0.29, 0.717) is 13.1 Å². The van der Waals surface area contributed by atoms with Gasteiger partial charge in [-0.05, 0) is 42.0 Å². The molecule has 0 atom stereocenters. The molecule has 114 valence electrons. The third-order valence-corrected chi connectivity index (χ3v) is 4.27. The molecule has 0 bridgehead atoms. The smallest absolute Gasteiger partial charge is 0.324 e. The average molecular weight is 361 g/mol. The summed E-state index contributed by atoms with van der Waals surface area (Å²) in [5.74, 6) is 0.814. The fourth-order valence-electron chi connectivity index (χ4n) is 2.58. The van der Waals surface area contributed by atoms with E-state index in [2.05, 4.69) is 15.9 Å². The predicted octanol–water partition coefficient (Wildman–Crippen LogP) is 3.90. The zero-order chi connectivity index (χ0) is 15.5. The molecule has 5 heteroatoms. The number of carbonyl (C=O) groups is 1. The highest BCUT2D eigenvalue weighted by Gasteiger charge is 2.29. The van der Waals surface area contributed by atoms with Gasteiger partial charge in [-0.2, -0.15) is 0 Å². The minimum absolute atomic E-state index is 0.0464. The van der Waals surface area contributed by atoms with Crippen LogP contribution in [0.2, 0.25) is 0 Å². The lowest BCUT2D eigenvalue weighted by Gasteiger charge is -2.19. The van der Waals surface area contributed by atoms with E-state index in [9.17, 15) is 4.79 Å². The first-order chi connectivity index (χ1) is 10.7. The van der Waals surface area contributed by atoms with Crippen LogP contribution in [-0.4, -0.2) is 31.1 Å². The maximum absolute atomic E-state index is 12.6. The molecule has 1 aliphatic heterocycles. The Hall–Kier alpha value is -2.01. The normalized spacial score (nSPS) is 14.5. The molecule has 0 spiro atoms. The summed E-state index contributed by atoms with van der Waals surface area (Å²) in [4.78, 5) is 16.2. The van der Waals surface area contributed by atoms with Gasteiger partial charge in [0.15, 0.2) is 0 Å². The third-order valence-electron chi connectivity index (χ3n) is 3.74. The Morgan fingerprint density at radius 2 is 1.91 bits per heavy atom. The zero-order valence-electron chi connectivity index (χ0n) is 12.3. The molecule has 1 saturated heterocycles. The SMILES string of the molecule is COc1cccc(CN2CCN(c3ccc(Br)cc3)C2=O)c1. The second-order valence-corrected chi connectivity index (χ2v) is 6.10. The first-order valence-corrected chi connectivity index (χ1v) is 7.91. The third kappa shape index (κ3) is 3.09. The summed E-state index contributed by atoms with van der Waals surface area (Å²) < 4.78 is 6.24. The number of nitrogens with zero attached hydrogens (tertiary/aromatic N) is 2. The monoisotopic (exact) mass is 360 g/mol. The van der Waals surface area contributed by atoms with Crippen LogP contribution >= 0.6 is 15.9 Å². The molecule has 0 saturated carbocycles. The highest BCUT2D eigenvalue weighted by Crippen LogP contribution is 2.24. The number of halogens is 1. The maximum atomic E-state index is 12.6. The number of hydrogen-bond acceptors (Lipinski definition) is 2. The van der Waals surface area contributed by atoms with Gasteiger partial charge < -0.3 is 9.64 Å². The molecule has 4 nitrogen and oxygen atoms in total. The first kappa shape index (κ1) is 14.9. The molecule has 2 aromatic carbocycles. The number of amides is 2. The van der Waals surface area contributed by atoms with Crippen LogP contribution in [0.15, 0.2) is 53.0 Å². The van der Waals surface area contributed by atoms with Gasteiger partial charge in [-0.3, -0.25) is 4.90 Å². The van der Waals surface area contributed by atoms with E-state index < -0.39 is 0 Å². The van der Waals surface area contributed by atoms with E-state index in [1.807, 2.05) is 58.3 Å². The van der Waals surface area contributed by atoms with Crippen molar-refractivity contribution in [1.82, 2.24) is 4.90 Å². The van der Waals surface area contributed by atoms with Gasteiger partial charge in [0.2, 0.25) is 0 Å². The van der Waals surface area contributed by atoms with Crippen molar-refractivity contribution in [2.75, 3.05) is 25.1 Å². The van der Waals surface area contributed by atoms with E-state index >= 15 is 0 Å². The molecule has 0 aliphatic carbocycles. The molecule has 1 fully saturated rings.